The van der Waals surface area contributed by atoms with Crippen LogP contribution in [0.5, 0.6) is 0 Å². The minimum Gasteiger partial charge on any atom is -0.390 e. The quantitative estimate of drug-likeness (QED) is 0.692. The van der Waals surface area contributed by atoms with Crippen LogP contribution in [0.15, 0.2) is 11.1 Å². The first-order chi connectivity index (χ1) is 6.60. The van der Waals surface area contributed by atoms with Crippen LogP contribution in [0.1, 0.15) is 13.8 Å². The molecular formula is C10H21BrN2O. The summed E-state index contributed by atoms with van der Waals surface area (Å²) in [6.07, 6.45) is -0.304. The normalized spacial score (nSPS) is 13.2. The molecule has 0 aliphatic rings. The van der Waals surface area contributed by atoms with Crippen molar-refractivity contribution in [3.05, 3.63) is 11.1 Å². The number of nitrogens with zero attached hydrogens (tertiary/aromatic N) is 1. The summed E-state index contributed by atoms with van der Waals surface area (Å²) in [5.41, 5.74) is 0. The van der Waals surface area contributed by atoms with E-state index in [0.717, 1.165) is 24.1 Å². The van der Waals surface area contributed by atoms with Gasteiger partial charge in [0.2, 0.25) is 0 Å². The Bertz CT molecular complexity index is 160. The molecule has 0 aliphatic heterocycles. The van der Waals surface area contributed by atoms with Crippen molar-refractivity contribution in [2.24, 2.45) is 0 Å². The molecule has 0 amide bonds. The van der Waals surface area contributed by atoms with Crippen molar-refractivity contribution in [2.75, 3.05) is 32.7 Å². The van der Waals surface area contributed by atoms with Crippen LogP contribution in [-0.2, 0) is 0 Å². The maximum Gasteiger partial charge on any atom is 0.0791 e. The number of halogens is 1. The van der Waals surface area contributed by atoms with Crippen LogP contribution < -0.4 is 5.32 Å². The highest BCUT2D eigenvalue weighted by Crippen LogP contribution is 1.97. The van der Waals surface area contributed by atoms with Crippen LogP contribution in [0.3, 0.4) is 0 Å². The summed E-state index contributed by atoms with van der Waals surface area (Å²) in [6, 6.07) is 0. The average Bonchev–Trinajstić information content (AvgIpc) is 2.13. The van der Waals surface area contributed by atoms with E-state index < -0.39 is 0 Å². The van der Waals surface area contributed by atoms with Gasteiger partial charge in [0.05, 0.1) is 6.10 Å². The van der Waals surface area contributed by atoms with Crippen LogP contribution in [0.25, 0.3) is 0 Å². The number of likely N-dealkylation sites (N-methyl/N-ethyl adjacent to an activating group) is 1. The molecule has 84 valence electrons. The predicted molar refractivity (Wildman–Crippen MR) is 64.7 cm³/mol. The van der Waals surface area contributed by atoms with Crippen LogP contribution in [-0.4, -0.2) is 48.8 Å². The summed E-state index contributed by atoms with van der Waals surface area (Å²) in [7, 11) is 0. The van der Waals surface area contributed by atoms with Crippen molar-refractivity contribution in [3.63, 3.8) is 0 Å². The van der Waals surface area contributed by atoms with Crippen LogP contribution in [0.4, 0.5) is 0 Å². The summed E-state index contributed by atoms with van der Waals surface area (Å²) in [5.74, 6) is 0. The Morgan fingerprint density at radius 1 is 1.50 bits per heavy atom. The topological polar surface area (TPSA) is 35.5 Å². The Labute approximate surface area is 95.3 Å². The summed E-state index contributed by atoms with van der Waals surface area (Å²) < 4.78 is 0.910. The third-order valence-corrected chi connectivity index (χ3v) is 2.34. The zero-order valence-corrected chi connectivity index (χ0v) is 10.7. The van der Waals surface area contributed by atoms with E-state index in [2.05, 4.69) is 46.6 Å². The Morgan fingerprint density at radius 2 is 2.07 bits per heavy atom. The third kappa shape index (κ3) is 7.50. The van der Waals surface area contributed by atoms with E-state index in [1.165, 1.54) is 0 Å². The number of aliphatic hydroxyl groups is 1. The molecule has 0 aliphatic carbocycles. The van der Waals surface area contributed by atoms with Gasteiger partial charge in [-0.2, -0.15) is 0 Å². The second-order valence-electron chi connectivity index (χ2n) is 3.29. The predicted octanol–water partition coefficient (Wildman–Crippen LogP) is 1.19. The van der Waals surface area contributed by atoms with E-state index in [0.29, 0.717) is 13.1 Å². The molecule has 0 aromatic heterocycles. The third-order valence-electron chi connectivity index (χ3n) is 2.06. The zero-order chi connectivity index (χ0) is 11.0. The minimum absolute atomic E-state index is 0.304. The SMILES string of the molecule is C=C(Br)CNCC(O)CN(CC)CC. The molecule has 2 N–H and O–H groups in total. The standard InChI is InChI=1S/C10H21BrN2O/c1-4-13(5-2)8-10(14)7-12-6-9(3)11/h10,12,14H,3-8H2,1-2H3. The summed E-state index contributed by atoms with van der Waals surface area (Å²) in [4.78, 5) is 2.20. The van der Waals surface area contributed by atoms with Gasteiger partial charge in [0.15, 0.2) is 0 Å². The molecule has 0 fully saturated rings. The molecular weight excluding hydrogens is 244 g/mol. The summed E-state index contributed by atoms with van der Waals surface area (Å²) >= 11 is 3.25. The number of aliphatic hydroxyl groups excluding tert-OH is 1. The van der Waals surface area contributed by atoms with E-state index >= 15 is 0 Å². The Hall–Kier alpha value is 0.1000. The Morgan fingerprint density at radius 3 is 2.50 bits per heavy atom. The molecule has 1 unspecified atom stereocenters. The lowest BCUT2D eigenvalue weighted by Crippen LogP contribution is -2.38. The van der Waals surface area contributed by atoms with Gasteiger partial charge in [0, 0.05) is 24.1 Å². The molecule has 0 spiro atoms. The molecule has 1 atom stereocenters. The fraction of sp³-hybridized carbons (Fsp3) is 0.800. The lowest BCUT2D eigenvalue weighted by Gasteiger charge is -2.21. The second-order valence-corrected chi connectivity index (χ2v) is 4.41. The van der Waals surface area contributed by atoms with Crippen molar-refractivity contribution in [1.82, 2.24) is 10.2 Å². The lowest BCUT2D eigenvalue weighted by atomic mass is 10.3. The highest BCUT2D eigenvalue weighted by Gasteiger charge is 2.07. The van der Waals surface area contributed by atoms with Gasteiger partial charge in [0.1, 0.15) is 0 Å². The van der Waals surface area contributed by atoms with Crippen molar-refractivity contribution in [2.45, 2.75) is 20.0 Å². The van der Waals surface area contributed by atoms with Gasteiger partial charge >= 0.3 is 0 Å². The van der Waals surface area contributed by atoms with Gasteiger partial charge in [-0.25, -0.2) is 0 Å². The monoisotopic (exact) mass is 264 g/mol. The number of rotatable bonds is 8. The lowest BCUT2D eigenvalue weighted by molar-refractivity contribution is 0.118. The first kappa shape index (κ1) is 14.1. The number of hydrogen-bond acceptors (Lipinski definition) is 3. The number of hydrogen-bond donors (Lipinski definition) is 2. The molecule has 0 bridgehead atoms. The molecule has 3 nitrogen and oxygen atoms in total. The molecule has 4 heteroatoms. The molecule has 0 aromatic rings. The van der Waals surface area contributed by atoms with E-state index in [4.69, 9.17) is 0 Å². The first-order valence-electron chi connectivity index (χ1n) is 5.04. The number of nitrogens with one attached hydrogen (secondary N) is 1. The van der Waals surface area contributed by atoms with Gasteiger partial charge < -0.3 is 15.3 Å². The second kappa shape index (κ2) is 8.41. The maximum atomic E-state index is 9.65. The molecule has 0 radical (unpaired) electrons. The van der Waals surface area contributed by atoms with E-state index in [1.807, 2.05) is 0 Å². The van der Waals surface area contributed by atoms with Crippen molar-refractivity contribution < 1.29 is 5.11 Å². The van der Waals surface area contributed by atoms with Crippen LogP contribution in [0, 0.1) is 0 Å². The maximum absolute atomic E-state index is 9.65. The van der Waals surface area contributed by atoms with Crippen LogP contribution in [0.2, 0.25) is 0 Å². The molecule has 0 saturated heterocycles. The smallest absolute Gasteiger partial charge is 0.0791 e. The van der Waals surface area contributed by atoms with Crippen molar-refractivity contribution in [3.8, 4) is 0 Å². The summed E-state index contributed by atoms with van der Waals surface area (Å²) in [6.45, 7) is 11.9. The van der Waals surface area contributed by atoms with Gasteiger partial charge in [-0.3, -0.25) is 0 Å². The van der Waals surface area contributed by atoms with Crippen LogP contribution >= 0.6 is 15.9 Å². The van der Waals surface area contributed by atoms with Gasteiger partial charge in [-0.1, -0.05) is 36.4 Å². The zero-order valence-electron chi connectivity index (χ0n) is 9.09. The largest absolute Gasteiger partial charge is 0.390 e. The highest BCUT2D eigenvalue weighted by atomic mass is 79.9. The van der Waals surface area contributed by atoms with Gasteiger partial charge in [0.25, 0.3) is 0 Å². The molecule has 14 heavy (non-hydrogen) atoms. The van der Waals surface area contributed by atoms with E-state index in [-0.39, 0.29) is 6.10 Å². The van der Waals surface area contributed by atoms with E-state index in [1.54, 1.807) is 0 Å². The van der Waals surface area contributed by atoms with Gasteiger partial charge in [-0.05, 0) is 13.1 Å². The molecule has 0 heterocycles. The summed E-state index contributed by atoms with van der Waals surface area (Å²) in [5, 5.41) is 12.8. The fourth-order valence-electron chi connectivity index (χ4n) is 1.22. The fourth-order valence-corrected chi connectivity index (χ4v) is 1.42. The van der Waals surface area contributed by atoms with E-state index in [9.17, 15) is 5.11 Å². The Balaban J connectivity index is 3.53. The minimum atomic E-state index is -0.304. The molecule has 0 saturated carbocycles. The van der Waals surface area contributed by atoms with Gasteiger partial charge in [-0.15, -0.1) is 0 Å². The highest BCUT2D eigenvalue weighted by molar-refractivity contribution is 9.11. The molecule has 0 rings (SSSR count). The molecule has 0 aromatic carbocycles. The Kier molecular flexibility index (Phi) is 8.47. The van der Waals surface area contributed by atoms with Crippen molar-refractivity contribution in [1.29, 1.82) is 0 Å². The first-order valence-corrected chi connectivity index (χ1v) is 5.83. The average molecular weight is 265 g/mol. The van der Waals surface area contributed by atoms with Crippen molar-refractivity contribution >= 4 is 15.9 Å².